The van der Waals surface area contributed by atoms with E-state index in [1.54, 1.807) is 17.0 Å². The predicted octanol–water partition coefficient (Wildman–Crippen LogP) is 2.07. The Morgan fingerprint density at radius 1 is 1.36 bits per heavy atom. The highest BCUT2D eigenvalue weighted by molar-refractivity contribution is 5.99. The molecule has 0 spiro atoms. The molecule has 0 bridgehead atoms. The molecule has 0 aliphatic carbocycles. The van der Waals surface area contributed by atoms with Gasteiger partial charge in [-0.05, 0) is 25.0 Å². The highest BCUT2D eigenvalue weighted by atomic mass is 19.1. The summed E-state index contributed by atoms with van der Waals surface area (Å²) >= 11 is 0. The largest absolute Gasteiger partial charge is 0.378 e. The molecule has 150 valence electrons. The maximum absolute atomic E-state index is 14.0. The molecule has 1 atom stereocenters. The summed E-state index contributed by atoms with van der Waals surface area (Å²) in [6.45, 7) is 4.77. The van der Waals surface area contributed by atoms with Crippen LogP contribution < -0.4 is 15.4 Å². The van der Waals surface area contributed by atoms with Gasteiger partial charge in [-0.2, -0.15) is 0 Å². The SMILES string of the molecule is CCC(C(=O)N1CCc2c(F)cccc21)c1nc(N2CCOCC2)cc(=O)[nH]1.[HH]. The summed E-state index contributed by atoms with van der Waals surface area (Å²) in [5.74, 6) is -0.147. The van der Waals surface area contributed by atoms with E-state index in [1.807, 2.05) is 11.8 Å². The fourth-order valence-electron chi connectivity index (χ4n) is 3.88. The van der Waals surface area contributed by atoms with E-state index in [0.717, 1.165) is 0 Å². The molecule has 0 saturated carbocycles. The second-order valence-corrected chi connectivity index (χ2v) is 7.03. The van der Waals surface area contributed by atoms with Gasteiger partial charge in [-0.1, -0.05) is 13.0 Å². The molecule has 1 saturated heterocycles. The summed E-state index contributed by atoms with van der Waals surface area (Å²) in [5.41, 5.74) is 0.884. The minimum absolute atomic E-state index is 0. The first kappa shape index (κ1) is 18.6. The standard InChI is InChI=1S/C20H23FN4O3.H2/c1-2-13(20(27)25-7-6-14-15(21)4-3-5-16(14)25)19-22-17(12-18(26)23-19)24-8-10-28-11-9-24;/h3-5,12-13H,2,6-11H2,1H3,(H,22,23,26);1H. The molecule has 1 fully saturated rings. The van der Waals surface area contributed by atoms with Crippen molar-refractivity contribution in [1.29, 1.82) is 0 Å². The minimum atomic E-state index is -0.595. The van der Waals surface area contributed by atoms with E-state index in [-0.39, 0.29) is 18.7 Å². The van der Waals surface area contributed by atoms with Gasteiger partial charge in [-0.15, -0.1) is 0 Å². The van der Waals surface area contributed by atoms with Crippen LogP contribution in [0.2, 0.25) is 0 Å². The topological polar surface area (TPSA) is 78.5 Å². The maximum Gasteiger partial charge on any atom is 0.253 e. The summed E-state index contributed by atoms with van der Waals surface area (Å²) in [4.78, 5) is 36.4. The average molecular weight is 388 g/mol. The summed E-state index contributed by atoms with van der Waals surface area (Å²) in [5, 5.41) is 0. The Kier molecular flexibility index (Phi) is 5.13. The zero-order chi connectivity index (χ0) is 19.7. The van der Waals surface area contributed by atoms with Crippen molar-refractivity contribution in [2.45, 2.75) is 25.7 Å². The zero-order valence-corrected chi connectivity index (χ0v) is 15.8. The monoisotopic (exact) mass is 388 g/mol. The molecule has 28 heavy (non-hydrogen) atoms. The summed E-state index contributed by atoms with van der Waals surface area (Å²) in [6.07, 6.45) is 0.970. The third-order valence-electron chi connectivity index (χ3n) is 5.35. The fraction of sp³-hybridized carbons (Fsp3) is 0.450. The third-order valence-corrected chi connectivity index (χ3v) is 5.35. The highest BCUT2D eigenvalue weighted by Crippen LogP contribution is 2.33. The van der Waals surface area contributed by atoms with E-state index < -0.39 is 5.92 Å². The number of morpholine rings is 1. The molecular weight excluding hydrogens is 363 g/mol. The predicted molar refractivity (Wildman–Crippen MR) is 105 cm³/mol. The molecule has 1 amide bonds. The number of H-pyrrole nitrogens is 1. The van der Waals surface area contributed by atoms with Crippen LogP contribution in [0.3, 0.4) is 0 Å². The second-order valence-electron chi connectivity index (χ2n) is 7.03. The molecule has 1 unspecified atom stereocenters. The quantitative estimate of drug-likeness (QED) is 0.868. The molecule has 2 aliphatic heterocycles. The molecule has 1 N–H and O–H groups in total. The third kappa shape index (κ3) is 3.40. The Hall–Kier alpha value is -2.74. The van der Waals surface area contributed by atoms with Gasteiger partial charge in [0.05, 0.1) is 19.1 Å². The zero-order valence-electron chi connectivity index (χ0n) is 15.8. The lowest BCUT2D eigenvalue weighted by Gasteiger charge is -2.28. The Labute approximate surface area is 163 Å². The van der Waals surface area contributed by atoms with Crippen molar-refractivity contribution in [2.75, 3.05) is 42.6 Å². The summed E-state index contributed by atoms with van der Waals surface area (Å²) < 4.78 is 19.4. The van der Waals surface area contributed by atoms with Crippen molar-refractivity contribution < 1.29 is 15.3 Å². The number of anilines is 2. The van der Waals surface area contributed by atoms with Crippen LogP contribution in [0.15, 0.2) is 29.1 Å². The highest BCUT2D eigenvalue weighted by Gasteiger charge is 2.33. The molecule has 8 heteroatoms. The molecule has 2 aliphatic rings. The number of nitrogens with zero attached hydrogens (tertiary/aromatic N) is 3. The number of aromatic nitrogens is 2. The van der Waals surface area contributed by atoms with Gasteiger partial charge in [0.15, 0.2) is 0 Å². The van der Waals surface area contributed by atoms with Crippen molar-refractivity contribution in [2.24, 2.45) is 0 Å². The molecule has 4 rings (SSSR count). The summed E-state index contributed by atoms with van der Waals surface area (Å²) in [6, 6.07) is 6.23. The fourth-order valence-corrected chi connectivity index (χ4v) is 3.88. The molecule has 1 aromatic heterocycles. The van der Waals surface area contributed by atoms with Crippen molar-refractivity contribution in [1.82, 2.24) is 9.97 Å². The number of fused-ring (bicyclic) bond motifs is 1. The number of hydrogen-bond acceptors (Lipinski definition) is 5. The number of rotatable bonds is 4. The van der Waals surface area contributed by atoms with Gasteiger partial charge < -0.3 is 19.5 Å². The van der Waals surface area contributed by atoms with Crippen molar-refractivity contribution in [3.63, 3.8) is 0 Å². The number of ether oxygens (including phenoxy) is 1. The lowest BCUT2D eigenvalue weighted by atomic mass is 10.0. The van der Waals surface area contributed by atoms with Crippen LogP contribution in [0, 0.1) is 5.82 Å². The number of amides is 1. The van der Waals surface area contributed by atoms with Crippen LogP contribution >= 0.6 is 0 Å². The van der Waals surface area contributed by atoms with Gasteiger partial charge in [0.25, 0.3) is 5.56 Å². The van der Waals surface area contributed by atoms with Crippen molar-refractivity contribution in [3.8, 4) is 0 Å². The Bertz CT molecular complexity index is 946. The molecule has 3 heterocycles. The second kappa shape index (κ2) is 7.71. The summed E-state index contributed by atoms with van der Waals surface area (Å²) in [7, 11) is 0. The number of halogens is 1. The van der Waals surface area contributed by atoms with Crippen LogP contribution in [0.25, 0.3) is 0 Å². The van der Waals surface area contributed by atoms with E-state index in [9.17, 15) is 14.0 Å². The van der Waals surface area contributed by atoms with E-state index in [2.05, 4.69) is 9.97 Å². The van der Waals surface area contributed by atoms with Crippen molar-refractivity contribution >= 4 is 17.4 Å². The smallest absolute Gasteiger partial charge is 0.253 e. The maximum atomic E-state index is 14.0. The van der Waals surface area contributed by atoms with Gasteiger partial charge >= 0.3 is 0 Å². The van der Waals surface area contributed by atoms with E-state index in [4.69, 9.17) is 4.74 Å². The molecule has 0 radical (unpaired) electrons. The number of carbonyl (C=O) groups excluding carboxylic acids is 1. The van der Waals surface area contributed by atoms with Crippen LogP contribution in [-0.4, -0.2) is 48.7 Å². The van der Waals surface area contributed by atoms with Crippen LogP contribution in [0.5, 0.6) is 0 Å². The van der Waals surface area contributed by atoms with Crippen molar-refractivity contribution in [3.05, 3.63) is 51.8 Å². The van der Waals surface area contributed by atoms with Gasteiger partial charge in [0.2, 0.25) is 5.91 Å². The van der Waals surface area contributed by atoms with Gasteiger partial charge in [0.1, 0.15) is 17.5 Å². The Balaban J connectivity index is 0.00000240. The van der Waals surface area contributed by atoms with Gasteiger partial charge in [-0.25, -0.2) is 9.37 Å². The first-order valence-corrected chi connectivity index (χ1v) is 9.61. The van der Waals surface area contributed by atoms with Crippen LogP contribution in [0.1, 0.15) is 32.1 Å². The number of aromatic amines is 1. The molecule has 7 nitrogen and oxygen atoms in total. The first-order valence-electron chi connectivity index (χ1n) is 9.61. The number of hydrogen-bond donors (Lipinski definition) is 1. The Morgan fingerprint density at radius 3 is 2.89 bits per heavy atom. The lowest BCUT2D eigenvalue weighted by molar-refractivity contribution is -0.120. The average Bonchev–Trinajstić information content (AvgIpc) is 3.14. The van der Waals surface area contributed by atoms with Gasteiger partial charge in [0, 0.05) is 38.4 Å². The normalized spacial score (nSPS) is 17.5. The van der Waals surface area contributed by atoms with E-state index >= 15 is 0 Å². The number of carbonyl (C=O) groups is 1. The van der Waals surface area contributed by atoms with Crippen LogP contribution in [0.4, 0.5) is 15.9 Å². The number of benzene rings is 1. The Morgan fingerprint density at radius 2 is 2.14 bits per heavy atom. The molecular formula is C20H25FN4O3. The van der Waals surface area contributed by atoms with Gasteiger partial charge in [-0.3, -0.25) is 9.59 Å². The first-order chi connectivity index (χ1) is 13.6. The molecule has 1 aromatic carbocycles. The van der Waals surface area contributed by atoms with Crippen LogP contribution in [-0.2, 0) is 16.0 Å². The lowest BCUT2D eigenvalue weighted by Crippen LogP contribution is -2.38. The minimum Gasteiger partial charge on any atom is -0.378 e. The molecule has 2 aromatic rings. The number of nitrogens with one attached hydrogen (secondary N) is 1. The van der Waals surface area contributed by atoms with E-state index in [1.165, 1.54) is 12.1 Å². The van der Waals surface area contributed by atoms with E-state index in [0.29, 0.717) is 68.6 Å².